The highest BCUT2D eigenvalue weighted by molar-refractivity contribution is 5.73. The largest absolute Gasteiger partial charge is 0.497 e. The van der Waals surface area contributed by atoms with Crippen LogP contribution in [0.25, 0.3) is 0 Å². The Balaban J connectivity index is 1.82. The van der Waals surface area contributed by atoms with Crippen LogP contribution in [0.1, 0.15) is 18.1 Å². The first kappa shape index (κ1) is 19.7. The second-order valence-electron chi connectivity index (χ2n) is 6.12. The zero-order chi connectivity index (χ0) is 19.0. The third kappa shape index (κ3) is 5.20. The third-order valence-electron chi connectivity index (χ3n) is 4.34. The first-order valence-corrected chi connectivity index (χ1v) is 8.43. The van der Waals surface area contributed by atoms with E-state index in [0.29, 0.717) is 18.5 Å². The number of ether oxygens (including phenoxy) is 2. The molecule has 5 nitrogen and oxygen atoms in total. The van der Waals surface area contributed by atoms with Crippen LogP contribution in [-0.2, 0) is 16.8 Å². The van der Waals surface area contributed by atoms with E-state index in [-0.39, 0.29) is 18.4 Å². The summed E-state index contributed by atoms with van der Waals surface area (Å²) in [5, 5.41) is 5.53. The Morgan fingerprint density at radius 3 is 2.38 bits per heavy atom. The molecule has 0 spiro atoms. The molecule has 2 rings (SSSR count). The van der Waals surface area contributed by atoms with Gasteiger partial charge in [-0.1, -0.05) is 30.3 Å². The standard InChI is InChI=1S/C20H25FN2O3/c1-20(26-3,17-6-4-5-7-18(17)21)14-23-19(24)22-13-12-15-8-10-16(25-2)11-9-15/h4-11H,12-14H2,1-3H3,(H2,22,23,24). The van der Waals surface area contributed by atoms with Crippen molar-refractivity contribution in [1.29, 1.82) is 0 Å². The molecule has 2 aromatic carbocycles. The zero-order valence-electron chi connectivity index (χ0n) is 15.3. The summed E-state index contributed by atoms with van der Waals surface area (Å²) < 4.78 is 24.6. The highest BCUT2D eigenvalue weighted by atomic mass is 19.1. The fourth-order valence-electron chi connectivity index (χ4n) is 2.59. The molecule has 1 unspecified atom stereocenters. The van der Waals surface area contributed by atoms with Gasteiger partial charge in [-0.3, -0.25) is 0 Å². The van der Waals surface area contributed by atoms with E-state index >= 15 is 0 Å². The smallest absolute Gasteiger partial charge is 0.314 e. The zero-order valence-corrected chi connectivity index (χ0v) is 15.3. The number of nitrogens with one attached hydrogen (secondary N) is 2. The third-order valence-corrected chi connectivity index (χ3v) is 4.34. The number of hydrogen-bond acceptors (Lipinski definition) is 3. The Morgan fingerprint density at radius 1 is 1.08 bits per heavy atom. The molecule has 0 aromatic heterocycles. The van der Waals surface area contributed by atoms with Crippen molar-refractivity contribution in [1.82, 2.24) is 10.6 Å². The predicted octanol–water partition coefficient (Wildman–Crippen LogP) is 3.24. The van der Waals surface area contributed by atoms with E-state index in [1.54, 1.807) is 32.2 Å². The van der Waals surface area contributed by atoms with Crippen LogP contribution in [0, 0.1) is 5.82 Å². The van der Waals surface area contributed by atoms with Gasteiger partial charge in [0.05, 0.1) is 13.7 Å². The molecule has 0 heterocycles. The number of carbonyl (C=O) groups excluding carboxylic acids is 1. The minimum Gasteiger partial charge on any atom is -0.497 e. The Morgan fingerprint density at radius 2 is 1.77 bits per heavy atom. The van der Waals surface area contributed by atoms with Crippen molar-refractivity contribution >= 4 is 6.03 Å². The molecule has 0 radical (unpaired) electrons. The molecule has 0 aliphatic rings. The van der Waals surface area contributed by atoms with Crippen LogP contribution in [0.2, 0.25) is 0 Å². The predicted molar refractivity (Wildman–Crippen MR) is 98.9 cm³/mol. The number of hydrogen-bond donors (Lipinski definition) is 2. The Kier molecular flexibility index (Phi) is 6.97. The van der Waals surface area contributed by atoms with Gasteiger partial charge in [0.1, 0.15) is 17.2 Å². The van der Waals surface area contributed by atoms with E-state index in [1.807, 2.05) is 24.3 Å². The number of rotatable bonds is 8. The molecule has 0 fully saturated rings. The second-order valence-corrected chi connectivity index (χ2v) is 6.12. The number of urea groups is 1. The highest BCUT2D eigenvalue weighted by Crippen LogP contribution is 2.26. The molecule has 2 amide bonds. The maximum atomic E-state index is 14.0. The molecule has 2 aromatic rings. The van der Waals surface area contributed by atoms with E-state index in [0.717, 1.165) is 11.3 Å². The maximum Gasteiger partial charge on any atom is 0.314 e. The fraction of sp³-hybridized carbons (Fsp3) is 0.350. The van der Waals surface area contributed by atoms with Gasteiger partial charge in [-0.05, 0) is 37.1 Å². The topological polar surface area (TPSA) is 59.6 Å². The van der Waals surface area contributed by atoms with Gasteiger partial charge in [0.25, 0.3) is 0 Å². The van der Waals surface area contributed by atoms with E-state index in [1.165, 1.54) is 13.2 Å². The molecule has 140 valence electrons. The molecule has 6 heteroatoms. The summed E-state index contributed by atoms with van der Waals surface area (Å²) in [7, 11) is 3.12. The first-order chi connectivity index (χ1) is 12.5. The monoisotopic (exact) mass is 360 g/mol. The Hall–Kier alpha value is -2.60. The van der Waals surface area contributed by atoms with Crippen LogP contribution in [0.5, 0.6) is 5.75 Å². The van der Waals surface area contributed by atoms with Crippen molar-refractivity contribution in [2.45, 2.75) is 18.9 Å². The minimum atomic E-state index is -0.946. The lowest BCUT2D eigenvalue weighted by Crippen LogP contribution is -2.45. The molecule has 0 saturated carbocycles. The molecule has 0 bridgehead atoms. The van der Waals surface area contributed by atoms with Crippen molar-refractivity contribution in [2.24, 2.45) is 0 Å². The van der Waals surface area contributed by atoms with Gasteiger partial charge in [-0.15, -0.1) is 0 Å². The van der Waals surface area contributed by atoms with E-state index < -0.39 is 5.60 Å². The van der Waals surface area contributed by atoms with Crippen LogP contribution >= 0.6 is 0 Å². The van der Waals surface area contributed by atoms with E-state index in [2.05, 4.69) is 10.6 Å². The normalized spacial score (nSPS) is 12.9. The summed E-state index contributed by atoms with van der Waals surface area (Å²) in [5.41, 5.74) is 0.554. The van der Waals surface area contributed by atoms with E-state index in [4.69, 9.17) is 9.47 Å². The molecular weight excluding hydrogens is 335 g/mol. The molecule has 2 N–H and O–H groups in total. The fourth-order valence-corrected chi connectivity index (χ4v) is 2.59. The van der Waals surface area contributed by atoms with Crippen LogP contribution < -0.4 is 15.4 Å². The van der Waals surface area contributed by atoms with Gasteiger partial charge < -0.3 is 20.1 Å². The van der Waals surface area contributed by atoms with Crippen molar-refractivity contribution in [2.75, 3.05) is 27.3 Å². The van der Waals surface area contributed by atoms with Gasteiger partial charge >= 0.3 is 6.03 Å². The van der Waals surface area contributed by atoms with Crippen molar-refractivity contribution in [3.05, 3.63) is 65.5 Å². The average molecular weight is 360 g/mol. The Bertz CT molecular complexity index is 721. The number of carbonyl (C=O) groups is 1. The molecule has 0 aliphatic heterocycles. The number of halogens is 1. The van der Waals surface area contributed by atoms with Crippen LogP contribution in [0.4, 0.5) is 9.18 Å². The van der Waals surface area contributed by atoms with Crippen molar-refractivity contribution in [3.8, 4) is 5.75 Å². The summed E-state index contributed by atoms with van der Waals surface area (Å²) in [6.45, 7) is 2.38. The quantitative estimate of drug-likeness (QED) is 0.760. The van der Waals surface area contributed by atoms with Crippen molar-refractivity contribution in [3.63, 3.8) is 0 Å². The summed E-state index contributed by atoms with van der Waals surface area (Å²) in [5.74, 6) is 0.435. The number of amides is 2. The Labute approximate surface area is 153 Å². The van der Waals surface area contributed by atoms with Crippen LogP contribution in [-0.4, -0.2) is 33.3 Å². The minimum absolute atomic E-state index is 0.152. The van der Waals surface area contributed by atoms with Gasteiger partial charge in [0, 0.05) is 19.2 Å². The highest BCUT2D eigenvalue weighted by Gasteiger charge is 2.29. The van der Waals surface area contributed by atoms with Crippen LogP contribution in [0.3, 0.4) is 0 Å². The molecule has 0 saturated heterocycles. The average Bonchev–Trinajstić information content (AvgIpc) is 2.67. The van der Waals surface area contributed by atoms with Crippen molar-refractivity contribution < 1.29 is 18.7 Å². The second kappa shape index (κ2) is 9.20. The van der Waals surface area contributed by atoms with Gasteiger partial charge in [-0.25, -0.2) is 9.18 Å². The summed E-state index contributed by atoms with van der Waals surface area (Å²) in [6.07, 6.45) is 0.701. The first-order valence-electron chi connectivity index (χ1n) is 8.43. The number of methoxy groups -OCH3 is 2. The lowest BCUT2D eigenvalue weighted by molar-refractivity contribution is 0.00204. The molecular formula is C20H25FN2O3. The summed E-state index contributed by atoms with van der Waals surface area (Å²) >= 11 is 0. The van der Waals surface area contributed by atoms with Gasteiger partial charge in [-0.2, -0.15) is 0 Å². The SMILES string of the molecule is COc1ccc(CCNC(=O)NCC(C)(OC)c2ccccc2F)cc1. The summed E-state index contributed by atoms with van der Waals surface area (Å²) in [6, 6.07) is 13.7. The van der Waals surface area contributed by atoms with Gasteiger partial charge in [0.15, 0.2) is 0 Å². The summed E-state index contributed by atoms with van der Waals surface area (Å²) in [4.78, 5) is 12.0. The molecule has 26 heavy (non-hydrogen) atoms. The number of benzene rings is 2. The lowest BCUT2D eigenvalue weighted by Gasteiger charge is -2.29. The molecule has 0 aliphatic carbocycles. The van der Waals surface area contributed by atoms with Crippen LogP contribution in [0.15, 0.2) is 48.5 Å². The van der Waals surface area contributed by atoms with E-state index in [9.17, 15) is 9.18 Å². The maximum absolute atomic E-state index is 14.0. The lowest BCUT2D eigenvalue weighted by atomic mass is 9.95. The van der Waals surface area contributed by atoms with Gasteiger partial charge in [0.2, 0.25) is 0 Å². The molecule has 1 atom stereocenters.